The molecule has 0 aliphatic rings. The Morgan fingerprint density at radius 1 is 1.29 bits per heavy atom. The van der Waals surface area contributed by atoms with Crippen molar-refractivity contribution < 1.29 is 9.59 Å². The maximum Gasteiger partial charge on any atom is 0.318 e. The number of hydrogen-bond acceptors (Lipinski definition) is 5. The van der Waals surface area contributed by atoms with Gasteiger partial charge in [0.1, 0.15) is 0 Å². The zero-order valence-electron chi connectivity index (χ0n) is 13.5. The van der Waals surface area contributed by atoms with Crippen molar-refractivity contribution >= 4 is 35.3 Å². The van der Waals surface area contributed by atoms with E-state index in [1.807, 2.05) is 32.0 Å². The molecule has 1 atom stereocenters. The average molecular weight is 368 g/mol. The van der Waals surface area contributed by atoms with Crippen LogP contribution in [0.15, 0.2) is 29.4 Å². The van der Waals surface area contributed by atoms with Gasteiger partial charge in [0.05, 0.1) is 10.3 Å². The number of nitrogens with two attached hydrogens (primary N) is 1. The summed E-state index contributed by atoms with van der Waals surface area (Å²) in [7, 11) is 1.80. The number of urea groups is 1. The molecule has 0 spiro atoms. The molecule has 3 N–H and O–H groups in total. The van der Waals surface area contributed by atoms with E-state index in [-0.39, 0.29) is 5.92 Å². The Balaban J connectivity index is 2.28. The van der Waals surface area contributed by atoms with E-state index in [9.17, 15) is 9.59 Å². The number of rotatable bonds is 5. The molecule has 7 nitrogen and oxygen atoms in total. The molecule has 3 amide bonds. The van der Waals surface area contributed by atoms with Crippen molar-refractivity contribution in [1.29, 1.82) is 0 Å². The summed E-state index contributed by atoms with van der Waals surface area (Å²) in [5, 5.41) is 11.0. The third kappa shape index (κ3) is 4.07. The van der Waals surface area contributed by atoms with Crippen molar-refractivity contribution in [2.45, 2.75) is 24.3 Å². The molecule has 9 heteroatoms. The molecule has 0 aliphatic carbocycles. The minimum Gasteiger partial charge on any atom is -0.351 e. The van der Waals surface area contributed by atoms with Gasteiger partial charge < -0.3 is 10.3 Å². The molecule has 1 aromatic heterocycles. The van der Waals surface area contributed by atoms with Crippen LogP contribution in [0.2, 0.25) is 5.02 Å². The predicted octanol–water partition coefficient (Wildman–Crippen LogP) is 2.45. The van der Waals surface area contributed by atoms with Crippen LogP contribution < -0.4 is 11.1 Å². The molecule has 1 heterocycles. The number of carbonyl (C=O) groups is 2. The summed E-state index contributed by atoms with van der Waals surface area (Å²) in [6, 6.07) is 6.44. The third-order valence-electron chi connectivity index (χ3n) is 3.29. The topological polar surface area (TPSA) is 103 Å². The van der Waals surface area contributed by atoms with Crippen LogP contribution in [0, 0.1) is 5.92 Å². The normalized spacial score (nSPS) is 12.2. The summed E-state index contributed by atoms with van der Waals surface area (Å²) in [5.74, 6) is 0.112. The number of benzene rings is 1. The van der Waals surface area contributed by atoms with Gasteiger partial charge in [-0.15, -0.1) is 10.2 Å². The van der Waals surface area contributed by atoms with Crippen molar-refractivity contribution in [2.24, 2.45) is 18.7 Å². The monoisotopic (exact) mass is 367 g/mol. The zero-order valence-corrected chi connectivity index (χ0v) is 15.1. The quantitative estimate of drug-likeness (QED) is 0.790. The van der Waals surface area contributed by atoms with Crippen LogP contribution in [0.3, 0.4) is 0 Å². The van der Waals surface area contributed by atoms with Gasteiger partial charge in [-0.1, -0.05) is 49.3 Å². The van der Waals surface area contributed by atoms with E-state index in [4.69, 9.17) is 17.3 Å². The highest BCUT2D eigenvalue weighted by atomic mass is 35.5. The minimum absolute atomic E-state index is 0.0326. The fraction of sp³-hybridized carbons (Fsp3) is 0.333. The minimum atomic E-state index is -0.874. The molecule has 24 heavy (non-hydrogen) atoms. The number of primary amides is 1. The van der Waals surface area contributed by atoms with Crippen molar-refractivity contribution in [3.8, 4) is 11.4 Å². The highest BCUT2D eigenvalue weighted by Gasteiger charge is 2.27. The van der Waals surface area contributed by atoms with Crippen molar-refractivity contribution in [3.05, 3.63) is 29.3 Å². The number of carbonyl (C=O) groups excluding carboxylic acids is 2. The van der Waals surface area contributed by atoms with E-state index < -0.39 is 17.2 Å². The van der Waals surface area contributed by atoms with Crippen molar-refractivity contribution in [2.75, 3.05) is 0 Å². The van der Waals surface area contributed by atoms with Crippen LogP contribution >= 0.6 is 23.4 Å². The first-order valence-electron chi connectivity index (χ1n) is 7.22. The largest absolute Gasteiger partial charge is 0.351 e. The molecule has 0 saturated carbocycles. The molecule has 0 unspecified atom stereocenters. The highest BCUT2D eigenvalue weighted by molar-refractivity contribution is 8.00. The van der Waals surface area contributed by atoms with Gasteiger partial charge in [-0.2, -0.15) is 0 Å². The van der Waals surface area contributed by atoms with Crippen LogP contribution in [-0.2, 0) is 11.8 Å². The Labute approximate surface area is 149 Å². The SMILES string of the molecule is CC(C)[C@H](Sc1nnc(-c2ccccc2Cl)n1C)C(=O)NC(N)=O. The molecule has 128 valence electrons. The van der Waals surface area contributed by atoms with Gasteiger partial charge in [0, 0.05) is 12.6 Å². The number of hydrogen-bond donors (Lipinski definition) is 2. The fourth-order valence-electron chi connectivity index (χ4n) is 2.09. The Bertz CT molecular complexity index is 762. The lowest BCUT2D eigenvalue weighted by Crippen LogP contribution is -2.42. The van der Waals surface area contributed by atoms with Gasteiger partial charge in [-0.25, -0.2) is 4.79 Å². The second kappa shape index (κ2) is 7.67. The molecular weight excluding hydrogens is 350 g/mol. The summed E-state index contributed by atoms with van der Waals surface area (Å²) >= 11 is 7.42. The van der Waals surface area contributed by atoms with Crippen LogP contribution in [0.25, 0.3) is 11.4 Å². The summed E-state index contributed by atoms with van der Waals surface area (Å²) in [5.41, 5.74) is 5.78. The van der Waals surface area contributed by atoms with Crippen LogP contribution in [0.5, 0.6) is 0 Å². The molecule has 0 aliphatic heterocycles. The maximum atomic E-state index is 12.1. The lowest BCUT2D eigenvalue weighted by Gasteiger charge is -2.18. The number of nitrogens with one attached hydrogen (secondary N) is 1. The number of thioether (sulfide) groups is 1. The fourth-order valence-corrected chi connectivity index (χ4v) is 3.31. The van der Waals surface area contributed by atoms with Gasteiger partial charge in [0.15, 0.2) is 11.0 Å². The molecule has 2 aromatic rings. The molecule has 2 rings (SSSR count). The third-order valence-corrected chi connectivity index (χ3v) is 5.20. The first-order valence-corrected chi connectivity index (χ1v) is 8.48. The Morgan fingerprint density at radius 3 is 2.54 bits per heavy atom. The number of aromatic nitrogens is 3. The van der Waals surface area contributed by atoms with E-state index in [2.05, 4.69) is 15.5 Å². The summed E-state index contributed by atoms with van der Waals surface area (Å²) < 4.78 is 1.76. The van der Waals surface area contributed by atoms with Crippen molar-refractivity contribution in [3.63, 3.8) is 0 Å². The average Bonchev–Trinajstić information content (AvgIpc) is 2.85. The Hall–Kier alpha value is -2.06. The van der Waals surface area contributed by atoms with E-state index in [1.54, 1.807) is 17.7 Å². The summed E-state index contributed by atoms with van der Waals surface area (Å²) in [4.78, 5) is 23.0. The standard InChI is InChI=1S/C15H18ClN5O2S/c1-8(2)11(13(22)18-14(17)23)24-15-20-19-12(21(15)3)9-6-4-5-7-10(9)16/h4-8,11H,1-3H3,(H3,17,18,22,23)/t11-/m0/s1. The second-order valence-electron chi connectivity index (χ2n) is 5.48. The van der Waals surface area contributed by atoms with Crippen LogP contribution in [0.4, 0.5) is 4.79 Å². The smallest absolute Gasteiger partial charge is 0.318 e. The molecule has 1 aromatic carbocycles. The first-order chi connectivity index (χ1) is 11.3. The Kier molecular flexibility index (Phi) is 5.84. The van der Waals surface area contributed by atoms with Gasteiger partial charge in [-0.05, 0) is 18.1 Å². The zero-order chi connectivity index (χ0) is 17.9. The molecular formula is C15H18ClN5O2S. The summed E-state index contributed by atoms with van der Waals surface area (Å²) in [6.45, 7) is 3.76. The van der Waals surface area contributed by atoms with E-state index in [1.165, 1.54) is 11.8 Å². The van der Waals surface area contributed by atoms with Gasteiger partial charge in [0.2, 0.25) is 5.91 Å². The van der Waals surface area contributed by atoms with Crippen LogP contribution in [0.1, 0.15) is 13.8 Å². The number of amides is 3. The predicted molar refractivity (Wildman–Crippen MR) is 93.7 cm³/mol. The lowest BCUT2D eigenvalue weighted by atomic mass is 10.1. The van der Waals surface area contributed by atoms with Crippen molar-refractivity contribution in [1.82, 2.24) is 20.1 Å². The second-order valence-corrected chi connectivity index (χ2v) is 7.00. The molecule has 0 fully saturated rings. The highest BCUT2D eigenvalue weighted by Crippen LogP contribution is 2.31. The van der Waals surface area contributed by atoms with E-state index in [0.29, 0.717) is 16.0 Å². The first kappa shape index (κ1) is 18.3. The summed E-state index contributed by atoms with van der Waals surface area (Å²) in [6.07, 6.45) is 0. The molecule has 0 bridgehead atoms. The maximum absolute atomic E-state index is 12.1. The Morgan fingerprint density at radius 2 is 1.96 bits per heavy atom. The van der Waals surface area contributed by atoms with Crippen LogP contribution in [-0.4, -0.2) is 32.0 Å². The van der Waals surface area contributed by atoms with E-state index in [0.717, 1.165) is 5.56 Å². The van der Waals surface area contributed by atoms with Gasteiger partial charge >= 0.3 is 6.03 Å². The number of nitrogens with zero attached hydrogens (tertiary/aromatic N) is 3. The number of halogens is 1. The van der Waals surface area contributed by atoms with Gasteiger partial charge in [0.25, 0.3) is 0 Å². The lowest BCUT2D eigenvalue weighted by molar-refractivity contribution is -0.120. The molecule has 0 radical (unpaired) electrons. The van der Waals surface area contributed by atoms with Gasteiger partial charge in [-0.3, -0.25) is 10.1 Å². The molecule has 0 saturated heterocycles. The van der Waals surface area contributed by atoms with E-state index >= 15 is 0 Å². The number of imide groups is 1.